The third kappa shape index (κ3) is 3.77. The van der Waals surface area contributed by atoms with Crippen molar-refractivity contribution in [2.24, 2.45) is 0 Å². The molecule has 0 spiro atoms. The van der Waals surface area contributed by atoms with Crippen molar-refractivity contribution >= 4 is 15.9 Å². The third-order valence-corrected chi connectivity index (χ3v) is 2.44. The predicted octanol–water partition coefficient (Wildman–Crippen LogP) is 3.31. The van der Waals surface area contributed by atoms with E-state index < -0.39 is 36.4 Å². The molecule has 0 aromatic carbocycles. The summed E-state index contributed by atoms with van der Waals surface area (Å²) in [6, 6.07) is 1.06. The van der Waals surface area contributed by atoms with Crippen molar-refractivity contribution in [3.05, 3.63) is 23.0 Å². The minimum absolute atomic E-state index is 0.0615. The summed E-state index contributed by atoms with van der Waals surface area (Å²) in [5.41, 5.74) is -1.47. The lowest BCUT2D eigenvalue weighted by Crippen LogP contribution is -2.20. The topological polar surface area (TPSA) is 42.4 Å². The molecule has 0 aliphatic heterocycles. The van der Waals surface area contributed by atoms with Gasteiger partial charge >= 0.3 is 6.36 Å². The smallest absolute Gasteiger partial charge is 0.403 e. The molecule has 0 saturated heterocycles. The normalized spacial score (nSPS) is 12.0. The first kappa shape index (κ1) is 15.1. The average molecular weight is 336 g/mol. The summed E-state index contributed by atoms with van der Waals surface area (Å²) in [4.78, 5) is 3.35. The fourth-order valence-corrected chi connectivity index (χ4v) is 1.52. The number of rotatable bonds is 4. The molecule has 0 amide bonds. The van der Waals surface area contributed by atoms with Crippen molar-refractivity contribution in [2.75, 3.05) is 0 Å². The molecule has 1 aromatic rings. The van der Waals surface area contributed by atoms with Crippen LogP contribution in [0.3, 0.4) is 0 Å². The first-order valence-electron chi connectivity index (χ1n) is 4.52. The molecule has 3 nitrogen and oxygen atoms in total. The first-order chi connectivity index (χ1) is 8.28. The number of ether oxygens (including phenoxy) is 1. The maximum absolute atomic E-state index is 12.6. The quantitative estimate of drug-likeness (QED) is 0.678. The van der Waals surface area contributed by atoms with Crippen LogP contribution in [0.15, 0.2) is 6.07 Å². The van der Waals surface area contributed by atoms with Crippen LogP contribution in [0.2, 0.25) is 0 Å². The minimum Gasteiger partial charge on any atom is -0.403 e. The zero-order valence-electron chi connectivity index (χ0n) is 8.64. The van der Waals surface area contributed by atoms with Crippen LogP contribution in [0.5, 0.6) is 5.75 Å². The Morgan fingerprint density at radius 1 is 1.39 bits per heavy atom. The maximum atomic E-state index is 12.6. The number of hydrogen-bond donors (Lipinski definition) is 1. The van der Waals surface area contributed by atoms with Gasteiger partial charge in [0.05, 0.1) is 12.3 Å². The fraction of sp³-hybridized carbons (Fsp3) is 0.444. The molecule has 1 rings (SSSR count). The molecule has 9 heteroatoms. The third-order valence-electron chi connectivity index (χ3n) is 1.86. The second-order valence-electron chi connectivity index (χ2n) is 3.13. The number of alkyl halides is 6. The van der Waals surface area contributed by atoms with E-state index in [1.807, 2.05) is 0 Å². The van der Waals surface area contributed by atoms with E-state index in [4.69, 9.17) is 5.11 Å². The van der Waals surface area contributed by atoms with Crippen molar-refractivity contribution in [3.8, 4) is 5.75 Å². The van der Waals surface area contributed by atoms with Gasteiger partial charge in [-0.05, 0) is 6.07 Å². The molecule has 0 aliphatic rings. The Labute approximate surface area is 107 Å². The number of aliphatic hydroxyl groups excluding tert-OH is 1. The van der Waals surface area contributed by atoms with E-state index in [1.165, 1.54) is 0 Å². The highest BCUT2D eigenvalue weighted by Gasteiger charge is 2.35. The Kier molecular flexibility index (Phi) is 4.85. The number of hydrogen-bond acceptors (Lipinski definition) is 3. The van der Waals surface area contributed by atoms with E-state index >= 15 is 0 Å². The zero-order chi connectivity index (χ0) is 13.9. The lowest BCUT2D eigenvalue weighted by atomic mass is 10.1. The Bertz CT molecular complexity index is 424. The van der Waals surface area contributed by atoms with Crippen LogP contribution < -0.4 is 4.74 Å². The molecule has 18 heavy (non-hydrogen) atoms. The van der Waals surface area contributed by atoms with E-state index in [2.05, 4.69) is 25.7 Å². The van der Waals surface area contributed by atoms with Crippen LogP contribution in [0.1, 0.15) is 23.4 Å². The Morgan fingerprint density at radius 3 is 2.39 bits per heavy atom. The standard InChI is InChI=1S/C9H7BrF5NO2/c10-2-5-1-4(3-17)7(18-9(13,14)15)6(16-5)8(11)12/h1,8,17H,2-3H2. The molecule has 102 valence electrons. The second kappa shape index (κ2) is 5.79. The lowest BCUT2D eigenvalue weighted by Gasteiger charge is -2.16. The molecule has 1 aromatic heterocycles. The highest BCUT2D eigenvalue weighted by Crippen LogP contribution is 2.35. The maximum Gasteiger partial charge on any atom is 0.573 e. The Morgan fingerprint density at radius 2 is 2.00 bits per heavy atom. The summed E-state index contributed by atoms with van der Waals surface area (Å²) >= 11 is 2.94. The van der Waals surface area contributed by atoms with Gasteiger partial charge in [-0.15, -0.1) is 13.2 Å². The molecule has 0 aliphatic carbocycles. The Balaban J connectivity index is 3.35. The SMILES string of the molecule is OCc1cc(CBr)nc(C(F)F)c1OC(F)(F)F. The Hall–Kier alpha value is -0.960. The van der Waals surface area contributed by atoms with E-state index in [9.17, 15) is 22.0 Å². The van der Waals surface area contributed by atoms with Crippen LogP contribution in [0, 0.1) is 0 Å². The van der Waals surface area contributed by atoms with Crippen molar-refractivity contribution in [2.45, 2.75) is 24.7 Å². The van der Waals surface area contributed by atoms with Gasteiger partial charge in [-0.3, -0.25) is 0 Å². The van der Waals surface area contributed by atoms with Crippen molar-refractivity contribution in [1.82, 2.24) is 4.98 Å². The molecule has 0 saturated carbocycles. The van der Waals surface area contributed by atoms with Gasteiger partial charge in [0.25, 0.3) is 6.43 Å². The van der Waals surface area contributed by atoms with Crippen LogP contribution in [-0.2, 0) is 11.9 Å². The molecule has 0 unspecified atom stereocenters. The zero-order valence-corrected chi connectivity index (χ0v) is 10.2. The van der Waals surface area contributed by atoms with Crippen molar-refractivity contribution in [3.63, 3.8) is 0 Å². The average Bonchev–Trinajstić information content (AvgIpc) is 2.26. The van der Waals surface area contributed by atoms with Gasteiger partial charge in [0.1, 0.15) is 5.69 Å². The van der Waals surface area contributed by atoms with E-state index in [-0.39, 0.29) is 11.0 Å². The van der Waals surface area contributed by atoms with Gasteiger partial charge in [0.15, 0.2) is 5.75 Å². The molecule has 1 N–H and O–H groups in total. The van der Waals surface area contributed by atoms with E-state index in [1.54, 1.807) is 0 Å². The monoisotopic (exact) mass is 335 g/mol. The molecule has 0 fully saturated rings. The fourth-order valence-electron chi connectivity index (χ4n) is 1.24. The van der Waals surface area contributed by atoms with Crippen molar-refractivity contribution in [1.29, 1.82) is 0 Å². The molecular formula is C9H7BrF5NO2. The van der Waals surface area contributed by atoms with Gasteiger partial charge in [0.2, 0.25) is 0 Å². The van der Waals surface area contributed by atoms with Crippen LogP contribution in [0.25, 0.3) is 0 Å². The predicted molar refractivity (Wildman–Crippen MR) is 54.4 cm³/mol. The largest absolute Gasteiger partial charge is 0.573 e. The van der Waals surface area contributed by atoms with Crippen molar-refractivity contribution < 1.29 is 31.8 Å². The van der Waals surface area contributed by atoms with E-state index in [0.717, 1.165) is 6.07 Å². The van der Waals surface area contributed by atoms with Crippen LogP contribution in [0.4, 0.5) is 22.0 Å². The summed E-state index contributed by atoms with van der Waals surface area (Å²) < 4.78 is 65.0. The number of aromatic nitrogens is 1. The highest BCUT2D eigenvalue weighted by molar-refractivity contribution is 9.08. The van der Waals surface area contributed by atoms with Gasteiger partial charge in [0, 0.05) is 10.9 Å². The molecule has 1 heterocycles. The minimum atomic E-state index is -5.13. The number of pyridine rings is 1. The number of halogens is 6. The van der Waals surface area contributed by atoms with Gasteiger partial charge in [-0.1, -0.05) is 15.9 Å². The molecule has 0 bridgehead atoms. The first-order valence-corrected chi connectivity index (χ1v) is 5.64. The lowest BCUT2D eigenvalue weighted by molar-refractivity contribution is -0.275. The highest BCUT2D eigenvalue weighted by atomic mass is 79.9. The van der Waals surface area contributed by atoms with Gasteiger partial charge in [-0.2, -0.15) is 0 Å². The molecule has 0 radical (unpaired) electrons. The second-order valence-corrected chi connectivity index (χ2v) is 3.69. The van der Waals surface area contributed by atoms with Gasteiger partial charge < -0.3 is 9.84 Å². The number of aliphatic hydroxyl groups is 1. The van der Waals surface area contributed by atoms with E-state index in [0.29, 0.717) is 0 Å². The summed E-state index contributed by atoms with van der Waals surface area (Å²) in [7, 11) is 0. The molecule has 0 atom stereocenters. The van der Waals surface area contributed by atoms with Crippen LogP contribution in [-0.4, -0.2) is 16.5 Å². The summed E-state index contributed by atoms with van der Waals surface area (Å²) in [6.45, 7) is -0.867. The summed E-state index contributed by atoms with van der Waals surface area (Å²) in [5.74, 6) is -1.15. The molecular weight excluding hydrogens is 329 g/mol. The van der Waals surface area contributed by atoms with Crippen LogP contribution >= 0.6 is 15.9 Å². The summed E-state index contributed by atoms with van der Waals surface area (Å²) in [5, 5.41) is 8.97. The van der Waals surface area contributed by atoms with Gasteiger partial charge in [-0.25, -0.2) is 13.8 Å². The number of nitrogens with zero attached hydrogens (tertiary/aromatic N) is 1. The summed E-state index contributed by atoms with van der Waals surface area (Å²) in [6.07, 6.45) is -8.38.